The molecule has 1 aromatic carbocycles. The van der Waals surface area contributed by atoms with E-state index in [1.165, 1.54) is 0 Å². The van der Waals surface area contributed by atoms with Gasteiger partial charge >= 0.3 is 0 Å². The Morgan fingerprint density at radius 3 is 2.81 bits per heavy atom. The monoisotopic (exact) mass is 237 g/mol. The van der Waals surface area contributed by atoms with E-state index < -0.39 is 0 Å². The number of hydrogen-bond acceptors (Lipinski definition) is 1. The molecule has 1 N–H and O–H groups in total. The Morgan fingerprint density at radius 2 is 2.25 bits per heavy atom. The number of amides is 1. The van der Waals surface area contributed by atoms with Crippen molar-refractivity contribution in [2.45, 2.75) is 31.6 Å². The van der Waals surface area contributed by atoms with Crippen LogP contribution in [0.15, 0.2) is 24.3 Å². The zero-order chi connectivity index (χ0) is 11.6. The Kier molecular flexibility index (Phi) is 3.20. The fraction of sp³-hybridized carbons (Fsp3) is 0.462. The lowest BCUT2D eigenvalue weighted by Crippen LogP contribution is -2.35. The molecule has 0 spiro atoms. The van der Waals surface area contributed by atoms with E-state index in [2.05, 4.69) is 12.2 Å². The standard InChI is InChI=1S/C13H16ClNO/c1-2-8-15-12(16)13(6-7-13)10-4-3-5-11(14)9-10/h3-5,9H,2,6-8H2,1H3,(H,15,16). The third kappa shape index (κ3) is 2.07. The lowest BCUT2D eigenvalue weighted by Gasteiger charge is -2.15. The summed E-state index contributed by atoms with van der Waals surface area (Å²) in [6.45, 7) is 2.81. The van der Waals surface area contributed by atoms with Gasteiger partial charge in [-0.3, -0.25) is 4.79 Å². The van der Waals surface area contributed by atoms with Crippen molar-refractivity contribution in [1.29, 1.82) is 0 Å². The maximum Gasteiger partial charge on any atom is 0.230 e. The Balaban J connectivity index is 2.16. The van der Waals surface area contributed by atoms with E-state index in [1.807, 2.05) is 24.3 Å². The fourth-order valence-corrected chi connectivity index (χ4v) is 2.16. The van der Waals surface area contributed by atoms with Crippen LogP contribution in [-0.2, 0) is 10.2 Å². The zero-order valence-electron chi connectivity index (χ0n) is 9.42. The number of carbonyl (C=O) groups is 1. The van der Waals surface area contributed by atoms with Crippen molar-refractivity contribution in [3.63, 3.8) is 0 Å². The van der Waals surface area contributed by atoms with Gasteiger partial charge < -0.3 is 5.32 Å². The van der Waals surface area contributed by atoms with Crippen LogP contribution in [0.25, 0.3) is 0 Å². The molecular weight excluding hydrogens is 222 g/mol. The molecule has 86 valence electrons. The zero-order valence-corrected chi connectivity index (χ0v) is 10.2. The number of hydrogen-bond donors (Lipinski definition) is 1. The molecule has 3 heteroatoms. The van der Waals surface area contributed by atoms with Crippen LogP contribution >= 0.6 is 11.6 Å². The van der Waals surface area contributed by atoms with Gasteiger partial charge in [0.05, 0.1) is 5.41 Å². The maximum absolute atomic E-state index is 12.0. The van der Waals surface area contributed by atoms with Gasteiger partial charge in [0.15, 0.2) is 0 Å². The lowest BCUT2D eigenvalue weighted by atomic mass is 9.95. The molecule has 0 atom stereocenters. The molecule has 0 bridgehead atoms. The molecule has 2 rings (SSSR count). The molecule has 1 aromatic rings. The Hall–Kier alpha value is -1.02. The minimum absolute atomic E-state index is 0.150. The highest BCUT2D eigenvalue weighted by atomic mass is 35.5. The number of nitrogens with one attached hydrogen (secondary N) is 1. The van der Waals surface area contributed by atoms with Crippen molar-refractivity contribution in [3.05, 3.63) is 34.9 Å². The molecule has 0 saturated heterocycles. The smallest absolute Gasteiger partial charge is 0.230 e. The quantitative estimate of drug-likeness (QED) is 0.857. The number of benzene rings is 1. The summed E-state index contributed by atoms with van der Waals surface area (Å²) >= 11 is 5.96. The van der Waals surface area contributed by atoms with Crippen LogP contribution in [0, 0.1) is 0 Å². The molecule has 1 aliphatic carbocycles. The third-order valence-corrected chi connectivity index (χ3v) is 3.33. The van der Waals surface area contributed by atoms with Crippen molar-refractivity contribution < 1.29 is 4.79 Å². The van der Waals surface area contributed by atoms with Gasteiger partial charge in [-0.1, -0.05) is 30.7 Å². The first kappa shape index (κ1) is 11.5. The second-order valence-electron chi connectivity index (χ2n) is 4.35. The van der Waals surface area contributed by atoms with Gasteiger partial charge in [0.2, 0.25) is 5.91 Å². The van der Waals surface area contributed by atoms with Crippen molar-refractivity contribution >= 4 is 17.5 Å². The topological polar surface area (TPSA) is 29.1 Å². The van der Waals surface area contributed by atoms with Gasteiger partial charge in [-0.2, -0.15) is 0 Å². The highest BCUT2D eigenvalue weighted by Gasteiger charge is 2.51. The second kappa shape index (κ2) is 4.46. The molecule has 2 nitrogen and oxygen atoms in total. The van der Waals surface area contributed by atoms with Gasteiger partial charge in [-0.05, 0) is 37.0 Å². The molecule has 0 heterocycles. The molecule has 1 saturated carbocycles. The van der Waals surface area contributed by atoms with E-state index in [9.17, 15) is 4.79 Å². The van der Waals surface area contributed by atoms with Crippen LogP contribution in [0.3, 0.4) is 0 Å². The number of carbonyl (C=O) groups excluding carboxylic acids is 1. The van der Waals surface area contributed by atoms with Crippen molar-refractivity contribution in [3.8, 4) is 0 Å². The molecule has 1 fully saturated rings. The van der Waals surface area contributed by atoms with Crippen LogP contribution in [0.2, 0.25) is 5.02 Å². The van der Waals surface area contributed by atoms with Crippen LogP contribution in [-0.4, -0.2) is 12.5 Å². The Bertz CT molecular complexity index is 399. The van der Waals surface area contributed by atoms with Crippen LogP contribution in [0.4, 0.5) is 0 Å². The van der Waals surface area contributed by atoms with E-state index >= 15 is 0 Å². The van der Waals surface area contributed by atoms with E-state index in [0.717, 1.165) is 31.4 Å². The van der Waals surface area contributed by atoms with Crippen LogP contribution in [0.5, 0.6) is 0 Å². The molecule has 0 aromatic heterocycles. The summed E-state index contributed by atoms with van der Waals surface area (Å²) < 4.78 is 0. The van der Waals surface area contributed by atoms with E-state index in [-0.39, 0.29) is 11.3 Å². The summed E-state index contributed by atoms with van der Waals surface area (Å²) in [4.78, 5) is 12.0. The summed E-state index contributed by atoms with van der Waals surface area (Å²) in [5, 5.41) is 3.67. The predicted octanol–water partition coefficient (Wildman–Crippen LogP) is 2.90. The first-order chi connectivity index (χ1) is 7.69. The lowest BCUT2D eigenvalue weighted by molar-refractivity contribution is -0.123. The van der Waals surface area contributed by atoms with E-state index in [0.29, 0.717) is 5.02 Å². The van der Waals surface area contributed by atoms with Gasteiger partial charge in [0, 0.05) is 11.6 Å². The van der Waals surface area contributed by atoms with Crippen molar-refractivity contribution in [2.75, 3.05) is 6.54 Å². The Labute approximate surface area is 101 Å². The first-order valence-electron chi connectivity index (χ1n) is 5.73. The highest BCUT2D eigenvalue weighted by Crippen LogP contribution is 2.48. The molecule has 0 radical (unpaired) electrons. The second-order valence-corrected chi connectivity index (χ2v) is 4.78. The molecule has 1 amide bonds. The van der Waals surface area contributed by atoms with Gasteiger partial charge in [0.1, 0.15) is 0 Å². The minimum Gasteiger partial charge on any atom is -0.355 e. The highest BCUT2D eigenvalue weighted by molar-refractivity contribution is 6.30. The number of halogens is 1. The average molecular weight is 238 g/mol. The van der Waals surface area contributed by atoms with Gasteiger partial charge in [0.25, 0.3) is 0 Å². The summed E-state index contributed by atoms with van der Waals surface area (Å²) in [5.74, 6) is 0.150. The molecule has 0 aliphatic heterocycles. The summed E-state index contributed by atoms with van der Waals surface area (Å²) in [6.07, 6.45) is 2.84. The Morgan fingerprint density at radius 1 is 1.50 bits per heavy atom. The third-order valence-electron chi connectivity index (χ3n) is 3.10. The largest absolute Gasteiger partial charge is 0.355 e. The van der Waals surface area contributed by atoms with Gasteiger partial charge in [-0.25, -0.2) is 0 Å². The molecule has 16 heavy (non-hydrogen) atoms. The minimum atomic E-state index is -0.292. The predicted molar refractivity (Wildman–Crippen MR) is 65.7 cm³/mol. The summed E-state index contributed by atoms with van der Waals surface area (Å²) in [7, 11) is 0. The van der Waals surface area contributed by atoms with Gasteiger partial charge in [-0.15, -0.1) is 0 Å². The van der Waals surface area contributed by atoms with Crippen LogP contribution < -0.4 is 5.32 Å². The van der Waals surface area contributed by atoms with Crippen molar-refractivity contribution in [1.82, 2.24) is 5.32 Å². The maximum atomic E-state index is 12.0. The van der Waals surface area contributed by atoms with Crippen molar-refractivity contribution in [2.24, 2.45) is 0 Å². The normalized spacial score (nSPS) is 16.9. The SMILES string of the molecule is CCCNC(=O)C1(c2cccc(Cl)c2)CC1. The molecule has 0 unspecified atom stereocenters. The average Bonchev–Trinajstić information content (AvgIpc) is 3.07. The summed E-state index contributed by atoms with van der Waals surface area (Å²) in [5.41, 5.74) is 0.758. The molecule has 1 aliphatic rings. The summed E-state index contributed by atoms with van der Waals surface area (Å²) in [6, 6.07) is 7.64. The number of rotatable bonds is 4. The van der Waals surface area contributed by atoms with E-state index in [4.69, 9.17) is 11.6 Å². The van der Waals surface area contributed by atoms with Crippen LogP contribution in [0.1, 0.15) is 31.7 Å². The first-order valence-corrected chi connectivity index (χ1v) is 6.11. The fourth-order valence-electron chi connectivity index (χ4n) is 1.97. The molecular formula is C13H16ClNO. The van der Waals surface area contributed by atoms with E-state index in [1.54, 1.807) is 0 Å².